The molecule has 2 nitrogen and oxygen atoms in total. The van der Waals surface area contributed by atoms with Crippen molar-refractivity contribution in [3.05, 3.63) is 0 Å². The summed E-state index contributed by atoms with van der Waals surface area (Å²) in [5.74, 6) is 0.783. The molecule has 1 heterocycles. The van der Waals surface area contributed by atoms with Crippen molar-refractivity contribution in [2.24, 2.45) is 5.92 Å². The third kappa shape index (κ3) is 3.25. The van der Waals surface area contributed by atoms with Gasteiger partial charge >= 0.3 is 0 Å². The Morgan fingerprint density at radius 3 is 2.21 bits per heavy atom. The van der Waals surface area contributed by atoms with Gasteiger partial charge in [-0.2, -0.15) is 0 Å². The molecule has 0 radical (unpaired) electrons. The maximum atomic E-state index is 3.55. The second kappa shape index (κ2) is 5.72. The first-order valence-corrected chi connectivity index (χ1v) is 6.12. The van der Waals surface area contributed by atoms with E-state index in [1.807, 2.05) is 0 Å². The largest absolute Gasteiger partial charge is 0.314 e. The SMILES string of the molecule is CCNC1CCN(C(C)C(C)C)CC1. The topological polar surface area (TPSA) is 15.3 Å². The van der Waals surface area contributed by atoms with Crippen LogP contribution in [0.3, 0.4) is 0 Å². The highest BCUT2D eigenvalue weighted by atomic mass is 15.2. The maximum absolute atomic E-state index is 3.55. The molecule has 1 saturated heterocycles. The molecule has 1 N–H and O–H groups in total. The van der Waals surface area contributed by atoms with Gasteiger partial charge < -0.3 is 10.2 Å². The van der Waals surface area contributed by atoms with Gasteiger partial charge in [-0.3, -0.25) is 0 Å². The van der Waals surface area contributed by atoms with E-state index in [1.54, 1.807) is 0 Å². The minimum Gasteiger partial charge on any atom is -0.314 e. The van der Waals surface area contributed by atoms with Crippen molar-refractivity contribution in [2.75, 3.05) is 19.6 Å². The van der Waals surface area contributed by atoms with Gasteiger partial charge in [0, 0.05) is 12.1 Å². The molecule has 1 rings (SSSR count). The van der Waals surface area contributed by atoms with Crippen molar-refractivity contribution < 1.29 is 0 Å². The van der Waals surface area contributed by atoms with E-state index in [1.165, 1.54) is 25.9 Å². The maximum Gasteiger partial charge on any atom is 0.00912 e. The number of piperidine rings is 1. The molecule has 0 aliphatic carbocycles. The molecule has 0 saturated carbocycles. The van der Waals surface area contributed by atoms with Crippen molar-refractivity contribution in [3.63, 3.8) is 0 Å². The molecular weight excluding hydrogens is 172 g/mol. The lowest BCUT2D eigenvalue weighted by Crippen LogP contribution is -2.47. The Kier molecular flexibility index (Phi) is 4.90. The molecule has 0 spiro atoms. The zero-order valence-electron chi connectivity index (χ0n) is 10.2. The van der Waals surface area contributed by atoms with E-state index in [4.69, 9.17) is 0 Å². The van der Waals surface area contributed by atoms with Crippen LogP contribution < -0.4 is 5.32 Å². The number of hydrogen-bond acceptors (Lipinski definition) is 2. The van der Waals surface area contributed by atoms with Crippen LogP contribution in [0.25, 0.3) is 0 Å². The molecule has 84 valence electrons. The fourth-order valence-electron chi connectivity index (χ4n) is 2.22. The first kappa shape index (κ1) is 12.0. The van der Waals surface area contributed by atoms with Crippen LogP contribution >= 0.6 is 0 Å². The Balaban J connectivity index is 2.28. The lowest BCUT2D eigenvalue weighted by molar-refractivity contribution is 0.124. The number of nitrogens with zero attached hydrogens (tertiary/aromatic N) is 1. The highest BCUT2D eigenvalue weighted by Gasteiger charge is 2.23. The lowest BCUT2D eigenvalue weighted by atomic mass is 9.99. The summed E-state index contributed by atoms with van der Waals surface area (Å²) < 4.78 is 0. The summed E-state index contributed by atoms with van der Waals surface area (Å²) in [6, 6.07) is 1.52. The van der Waals surface area contributed by atoms with E-state index < -0.39 is 0 Å². The van der Waals surface area contributed by atoms with Gasteiger partial charge in [-0.25, -0.2) is 0 Å². The predicted molar refractivity (Wildman–Crippen MR) is 62.6 cm³/mol. The molecule has 1 atom stereocenters. The molecule has 0 aromatic rings. The molecule has 2 heteroatoms. The second-order valence-corrected chi connectivity index (χ2v) is 4.85. The van der Waals surface area contributed by atoms with E-state index in [-0.39, 0.29) is 0 Å². The molecule has 0 aromatic heterocycles. The summed E-state index contributed by atoms with van der Waals surface area (Å²) in [4.78, 5) is 2.64. The lowest BCUT2D eigenvalue weighted by Gasteiger charge is -2.38. The monoisotopic (exact) mass is 198 g/mol. The third-order valence-corrected chi connectivity index (χ3v) is 3.56. The Labute approximate surface area is 89.1 Å². The van der Waals surface area contributed by atoms with Crippen molar-refractivity contribution in [2.45, 2.75) is 52.6 Å². The standard InChI is InChI=1S/C12H26N2/c1-5-13-12-6-8-14(9-7-12)11(4)10(2)3/h10-13H,5-9H2,1-4H3. The van der Waals surface area contributed by atoms with Gasteiger partial charge in [-0.05, 0) is 45.3 Å². The van der Waals surface area contributed by atoms with E-state index in [9.17, 15) is 0 Å². The fraction of sp³-hybridized carbons (Fsp3) is 1.00. The van der Waals surface area contributed by atoms with Gasteiger partial charge in [0.05, 0.1) is 0 Å². The molecule has 0 aromatic carbocycles. The first-order chi connectivity index (χ1) is 6.65. The summed E-state index contributed by atoms with van der Waals surface area (Å²) in [5.41, 5.74) is 0. The molecule has 1 fully saturated rings. The summed E-state index contributed by atoms with van der Waals surface area (Å²) in [5, 5.41) is 3.55. The average Bonchev–Trinajstić information content (AvgIpc) is 2.18. The van der Waals surface area contributed by atoms with E-state index in [0.717, 1.165) is 24.5 Å². The Hall–Kier alpha value is -0.0800. The van der Waals surface area contributed by atoms with E-state index >= 15 is 0 Å². The molecule has 1 aliphatic rings. The molecule has 1 unspecified atom stereocenters. The van der Waals surface area contributed by atoms with Crippen LogP contribution in [0, 0.1) is 5.92 Å². The summed E-state index contributed by atoms with van der Waals surface area (Å²) >= 11 is 0. The van der Waals surface area contributed by atoms with Crippen molar-refractivity contribution in [1.29, 1.82) is 0 Å². The molecule has 14 heavy (non-hydrogen) atoms. The predicted octanol–water partition coefficient (Wildman–Crippen LogP) is 2.10. The van der Waals surface area contributed by atoms with Gasteiger partial charge in [0.1, 0.15) is 0 Å². The minimum atomic E-state index is 0.748. The molecular formula is C12H26N2. The number of likely N-dealkylation sites (tertiary alicyclic amines) is 1. The zero-order chi connectivity index (χ0) is 10.6. The third-order valence-electron chi connectivity index (χ3n) is 3.56. The van der Waals surface area contributed by atoms with E-state index in [0.29, 0.717) is 0 Å². The fourth-order valence-corrected chi connectivity index (χ4v) is 2.22. The van der Waals surface area contributed by atoms with Gasteiger partial charge in [0.15, 0.2) is 0 Å². The van der Waals surface area contributed by atoms with Crippen molar-refractivity contribution in [3.8, 4) is 0 Å². The van der Waals surface area contributed by atoms with Crippen LogP contribution in [0.1, 0.15) is 40.5 Å². The quantitative estimate of drug-likeness (QED) is 0.744. The Morgan fingerprint density at radius 2 is 1.79 bits per heavy atom. The first-order valence-electron chi connectivity index (χ1n) is 6.12. The smallest absolute Gasteiger partial charge is 0.00912 e. The van der Waals surface area contributed by atoms with Crippen molar-refractivity contribution >= 4 is 0 Å². The summed E-state index contributed by atoms with van der Waals surface area (Å²) in [6.07, 6.45) is 2.65. The molecule has 0 amide bonds. The van der Waals surface area contributed by atoms with Gasteiger partial charge in [0.25, 0.3) is 0 Å². The Morgan fingerprint density at radius 1 is 1.21 bits per heavy atom. The Bertz CT molecular complexity index is 148. The van der Waals surface area contributed by atoms with Gasteiger partial charge in [-0.1, -0.05) is 20.8 Å². The van der Waals surface area contributed by atoms with Crippen LogP contribution in [-0.4, -0.2) is 36.6 Å². The van der Waals surface area contributed by atoms with Crippen LogP contribution in [0.2, 0.25) is 0 Å². The van der Waals surface area contributed by atoms with Crippen LogP contribution in [0.4, 0.5) is 0 Å². The van der Waals surface area contributed by atoms with E-state index in [2.05, 4.69) is 37.9 Å². The van der Waals surface area contributed by atoms with Crippen molar-refractivity contribution in [1.82, 2.24) is 10.2 Å². The van der Waals surface area contributed by atoms with Crippen LogP contribution in [0.5, 0.6) is 0 Å². The van der Waals surface area contributed by atoms with Gasteiger partial charge in [0.2, 0.25) is 0 Å². The van der Waals surface area contributed by atoms with Crippen LogP contribution in [-0.2, 0) is 0 Å². The highest BCUT2D eigenvalue weighted by molar-refractivity contribution is 4.80. The minimum absolute atomic E-state index is 0.748. The average molecular weight is 198 g/mol. The zero-order valence-corrected chi connectivity index (χ0v) is 10.2. The number of nitrogens with one attached hydrogen (secondary N) is 1. The summed E-state index contributed by atoms with van der Waals surface area (Å²) in [6.45, 7) is 12.9. The normalized spacial score (nSPS) is 22.9. The number of rotatable bonds is 4. The second-order valence-electron chi connectivity index (χ2n) is 4.85. The highest BCUT2D eigenvalue weighted by Crippen LogP contribution is 2.17. The molecule has 0 bridgehead atoms. The van der Waals surface area contributed by atoms with Crippen LogP contribution in [0.15, 0.2) is 0 Å². The summed E-state index contributed by atoms with van der Waals surface area (Å²) in [7, 11) is 0. The number of hydrogen-bond donors (Lipinski definition) is 1. The molecule has 1 aliphatic heterocycles. The van der Waals surface area contributed by atoms with Gasteiger partial charge in [-0.15, -0.1) is 0 Å².